The summed E-state index contributed by atoms with van der Waals surface area (Å²) in [5, 5.41) is 1.01. The van der Waals surface area contributed by atoms with Crippen LogP contribution in [0.25, 0.3) is 0 Å². The van der Waals surface area contributed by atoms with E-state index >= 15 is 0 Å². The number of rotatable bonds is 7. The summed E-state index contributed by atoms with van der Waals surface area (Å²) >= 11 is 0. The normalized spacial score (nSPS) is 12.0. The van der Waals surface area contributed by atoms with Gasteiger partial charge in [0.2, 0.25) is 0 Å². The SMILES string of the molecule is CCOC(C)Oc1ccc(PC(=O)c2c(C)cc(C)cc2C)cc1.[Li+]. The van der Waals surface area contributed by atoms with Crippen LogP contribution in [0.4, 0.5) is 0 Å². The van der Waals surface area contributed by atoms with Gasteiger partial charge in [0.1, 0.15) is 5.75 Å². The van der Waals surface area contributed by atoms with Crippen molar-refractivity contribution in [3.8, 4) is 5.75 Å². The summed E-state index contributed by atoms with van der Waals surface area (Å²) in [4.78, 5) is 12.7. The number of hydrogen-bond donors (Lipinski definition) is 0. The van der Waals surface area contributed by atoms with Crippen molar-refractivity contribution in [1.29, 1.82) is 0 Å². The Morgan fingerprint density at radius 3 is 2.16 bits per heavy atom. The van der Waals surface area contributed by atoms with Crippen LogP contribution in [0.3, 0.4) is 0 Å². The second-order valence-electron chi connectivity index (χ2n) is 5.89. The van der Waals surface area contributed by atoms with E-state index in [9.17, 15) is 4.79 Å². The molecule has 5 heteroatoms. The number of hydrogen-bond acceptors (Lipinski definition) is 3. The van der Waals surface area contributed by atoms with Crippen molar-refractivity contribution in [1.82, 2.24) is 0 Å². The van der Waals surface area contributed by atoms with E-state index in [2.05, 4.69) is 19.1 Å². The fourth-order valence-electron chi connectivity index (χ4n) is 2.81. The molecule has 0 heterocycles. The average Bonchev–Trinajstić information content (AvgIpc) is 2.48. The van der Waals surface area contributed by atoms with E-state index in [0.717, 1.165) is 27.7 Å². The fourth-order valence-corrected chi connectivity index (χ4v) is 3.92. The Balaban J connectivity index is 0.00000312. The quantitative estimate of drug-likeness (QED) is 0.431. The molecule has 0 fully saturated rings. The molecule has 0 amide bonds. The Morgan fingerprint density at radius 2 is 1.64 bits per heavy atom. The number of carbonyl (C=O) groups excluding carboxylic acids is 1. The van der Waals surface area contributed by atoms with Gasteiger partial charge in [-0.25, -0.2) is 0 Å². The zero-order chi connectivity index (χ0) is 17.7. The second-order valence-corrected chi connectivity index (χ2v) is 7.17. The molecule has 3 nitrogen and oxygen atoms in total. The second kappa shape index (κ2) is 10.1. The number of ether oxygens (including phenoxy) is 2. The minimum atomic E-state index is -0.275. The summed E-state index contributed by atoms with van der Waals surface area (Å²) in [5.74, 6) is 0.750. The van der Waals surface area contributed by atoms with Gasteiger partial charge < -0.3 is 9.47 Å². The van der Waals surface area contributed by atoms with Crippen LogP contribution in [0.5, 0.6) is 5.75 Å². The molecule has 0 bridgehead atoms. The first-order valence-electron chi connectivity index (χ1n) is 8.18. The molecule has 0 N–H and O–H groups in total. The minimum absolute atomic E-state index is 0. The van der Waals surface area contributed by atoms with Gasteiger partial charge >= 0.3 is 18.9 Å². The molecule has 2 unspecified atom stereocenters. The van der Waals surface area contributed by atoms with Gasteiger partial charge in [-0.2, -0.15) is 0 Å². The van der Waals surface area contributed by atoms with Gasteiger partial charge in [0.05, 0.1) is 0 Å². The number of benzene rings is 2. The van der Waals surface area contributed by atoms with E-state index in [1.807, 2.05) is 52.0 Å². The summed E-state index contributed by atoms with van der Waals surface area (Å²) in [6, 6.07) is 11.8. The maximum Gasteiger partial charge on any atom is 1.00 e. The van der Waals surface area contributed by atoms with Crippen LogP contribution in [0.2, 0.25) is 0 Å². The zero-order valence-corrected chi connectivity index (χ0v) is 17.0. The van der Waals surface area contributed by atoms with Crippen molar-refractivity contribution in [3.05, 3.63) is 58.7 Å². The van der Waals surface area contributed by atoms with E-state index in [1.165, 1.54) is 5.56 Å². The molecule has 2 aromatic carbocycles. The van der Waals surface area contributed by atoms with E-state index in [1.54, 1.807) is 0 Å². The van der Waals surface area contributed by atoms with E-state index in [0.29, 0.717) is 6.61 Å². The van der Waals surface area contributed by atoms with E-state index < -0.39 is 0 Å². The standard InChI is InChI=1S/C20H25O3P.Li/c1-6-22-16(5)23-17-7-9-18(10-8-17)24-20(21)19-14(3)11-13(2)12-15(19)4;/h7-12,16,24H,6H2,1-5H3;/q;+1. The van der Waals surface area contributed by atoms with Crippen LogP contribution < -0.4 is 28.9 Å². The summed E-state index contributed by atoms with van der Waals surface area (Å²) in [6.07, 6.45) is -0.275. The third kappa shape index (κ3) is 6.28. The van der Waals surface area contributed by atoms with E-state index in [-0.39, 0.29) is 39.3 Å². The Kier molecular flexibility index (Phi) is 8.90. The van der Waals surface area contributed by atoms with Crippen molar-refractivity contribution < 1.29 is 33.1 Å². The molecule has 0 radical (unpaired) electrons. The first-order chi connectivity index (χ1) is 11.4. The summed E-state index contributed by atoms with van der Waals surface area (Å²) in [7, 11) is 0.112. The molecule has 2 aromatic rings. The van der Waals surface area contributed by atoms with Crippen molar-refractivity contribution >= 4 is 19.4 Å². The van der Waals surface area contributed by atoms with Crippen LogP contribution in [-0.4, -0.2) is 18.4 Å². The van der Waals surface area contributed by atoms with Crippen LogP contribution in [0.15, 0.2) is 36.4 Å². The maximum absolute atomic E-state index is 12.7. The van der Waals surface area contributed by atoms with Crippen molar-refractivity contribution in [2.45, 2.75) is 40.9 Å². The summed E-state index contributed by atoms with van der Waals surface area (Å²) in [5.41, 5.74) is 4.33. The molecule has 0 aromatic heterocycles. The largest absolute Gasteiger partial charge is 1.00 e. The number of aryl methyl sites for hydroxylation is 3. The first kappa shape index (κ1) is 21.9. The topological polar surface area (TPSA) is 35.5 Å². The molecular weight excluding hydrogens is 326 g/mol. The predicted octanol–water partition coefficient (Wildman–Crippen LogP) is 1.52. The van der Waals surface area contributed by atoms with Gasteiger partial charge in [-0.1, -0.05) is 29.8 Å². The molecule has 0 spiro atoms. The molecule has 0 aliphatic carbocycles. The van der Waals surface area contributed by atoms with Crippen LogP contribution in [-0.2, 0) is 4.74 Å². The average molecular weight is 351 g/mol. The molecule has 0 saturated heterocycles. The van der Waals surface area contributed by atoms with E-state index in [4.69, 9.17) is 9.47 Å². The molecular formula is C20H25LiO3P+. The van der Waals surface area contributed by atoms with Gasteiger partial charge in [-0.3, -0.25) is 4.79 Å². The maximum atomic E-state index is 12.7. The molecule has 2 rings (SSSR count). The van der Waals surface area contributed by atoms with Gasteiger partial charge in [-0.15, -0.1) is 0 Å². The molecule has 128 valence electrons. The molecule has 0 aliphatic heterocycles. The third-order valence-electron chi connectivity index (χ3n) is 3.72. The molecule has 0 saturated carbocycles. The van der Waals surface area contributed by atoms with Gasteiger partial charge in [0, 0.05) is 12.2 Å². The zero-order valence-electron chi connectivity index (χ0n) is 16.0. The smallest absolute Gasteiger partial charge is 0.465 e. The fraction of sp³-hybridized carbons (Fsp3) is 0.350. The van der Waals surface area contributed by atoms with Crippen LogP contribution >= 0.6 is 8.58 Å². The minimum Gasteiger partial charge on any atom is -0.465 e. The molecule has 0 aliphatic rings. The predicted molar refractivity (Wildman–Crippen MR) is 101 cm³/mol. The van der Waals surface area contributed by atoms with Gasteiger partial charge in [0.15, 0.2) is 11.8 Å². The first-order valence-corrected chi connectivity index (χ1v) is 9.18. The summed E-state index contributed by atoms with van der Waals surface area (Å²) < 4.78 is 11.0. The van der Waals surface area contributed by atoms with Gasteiger partial charge in [-0.05, 0) is 71.8 Å². The van der Waals surface area contributed by atoms with Crippen molar-refractivity contribution in [2.24, 2.45) is 0 Å². The Hall–Kier alpha value is -1.10. The van der Waals surface area contributed by atoms with Crippen LogP contribution in [0, 0.1) is 20.8 Å². The van der Waals surface area contributed by atoms with Crippen molar-refractivity contribution in [2.75, 3.05) is 6.61 Å². The Morgan fingerprint density at radius 1 is 1.08 bits per heavy atom. The van der Waals surface area contributed by atoms with Gasteiger partial charge in [0.25, 0.3) is 0 Å². The monoisotopic (exact) mass is 351 g/mol. The van der Waals surface area contributed by atoms with Crippen LogP contribution in [0.1, 0.15) is 40.9 Å². The summed E-state index contributed by atoms with van der Waals surface area (Å²) in [6.45, 7) is 10.5. The number of carbonyl (C=O) groups is 1. The van der Waals surface area contributed by atoms with Crippen molar-refractivity contribution in [3.63, 3.8) is 0 Å². The third-order valence-corrected chi connectivity index (χ3v) is 4.82. The molecule has 2 atom stereocenters. The molecule has 25 heavy (non-hydrogen) atoms. The Labute approximate surface area is 164 Å². The Bertz CT molecular complexity index is 690.